The molecule has 1 aliphatic rings. The first-order valence-corrected chi connectivity index (χ1v) is 10.7. The zero-order valence-corrected chi connectivity index (χ0v) is 16.3. The Morgan fingerprint density at radius 3 is 2.68 bits per heavy atom. The molecule has 2 aromatic heterocycles. The number of rotatable bonds is 8. The van der Waals surface area contributed by atoms with Crippen molar-refractivity contribution >= 4 is 21.7 Å². The molecule has 1 fully saturated rings. The number of aromatic amines is 1. The van der Waals surface area contributed by atoms with E-state index in [-0.39, 0.29) is 4.90 Å². The average molecular weight is 398 g/mol. The maximum Gasteiger partial charge on any atom is 0.240 e. The fraction of sp³-hybridized carbons (Fsp3) is 0.316. The third kappa shape index (κ3) is 4.37. The van der Waals surface area contributed by atoms with Gasteiger partial charge in [-0.25, -0.2) is 23.1 Å². The Kier molecular flexibility index (Phi) is 5.10. The molecule has 3 N–H and O–H groups in total. The molecule has 1 aromatic carbocycles. The molecule has 1 saturated carbocycles. The van der Waals surface area contributed by atoms with Gasteiger partial charge in [-0.3, -0.25) is 5.10 Å². The highest BCUT2D eigenvalue weighted by Gasteiger charge is 2.26. The van der Waals surface area contributed by atoms with Crippen LogP contribution in [0.5, 0.6) is 0 Å². The topological polar surface area (TPSA) is 113 Å². The van der Waals surface area contributed by atoms with Crippen molar-refractivity contribution in [3.8, 4) is 0 Å². The van der Waals surface area contributed by atoms with Crippen LogP contribution in [-0.4, -0.2) is 35.1 Å². The lowest BCUT2D eigenvalue weighted by Crippen LogP contribution is -2.22. The third-order valence-electron chi connectivity index (χ3n) is 4.49. The summed E-state index contributed by atoms with van der Waals surface area (Å²) in [7, 11) is -3.46. The highest BCUT2D eigenvalue weighted by Crippen LogP contribution is 2.39. The van der Waals surface area contributed by atoms with Gasteiger partial charge in [0.15, 0.2) is 0 Å². The summed E-state index contributed by atoms with van der Waals surface area (Å²) < 4.78 is 26.5. The second-order valence-electron chi connectivity index (χ2n) is 6.79. The number of hydrogen-bond donors (Lipinski definition) is 3. The predicted molar refractivity (Wildman–Crippen MR) is 106 cm³/mol. The van der Waals surface area contributed by atoms with Gasteiger partial charge < -0.3 is 5.32 Å². The standard InChI is InChI=1S/C19H22N6O2S/c1-2-21-28(26,27)17-7-5-14(6-8-17)22-19-20-10-9-15(23-19)11-16-12-18(25-24-16)13-3-4-13/h5-10,12-13,21H,2-4,11H2,1H3,(H,24,25)(H,20,22,23). The van der Waals surface area contributed by atoms with Gasteiger partial charge in [0.2, 0.25) is 16.0 Å². The quantitative estimate of drug-likeness (QED) is 0.538. The smallest absolute Gasteiger partial charge is 0.240 e. The molecule has 146 valence electrons. The zero-order valence-electron chi connectivity index (χ0n) is 15.5. The molecule has 0 bridgehead atoms. The Bertz CT molecular complexity index is 1060. The van der Waals surface area contributed by atoms with Gasteiger partial charge in [-0.1, -0.05) is 6.92 Å². The Labute approximate surface area is 163 Å². The van der Waals surface area contributed by atoms with Crippen molar-refractivity contribution in [3.63, 3.8) is 0 Å². The Hall–Kier alpha value is -2.78. The molecule has 8 nitrogen and oxygen atoms in total. The van der Waals surface area contributed by atoms with Gasteiger partial charge in [-0.15, -0.1) is 0 Å². The van der Waals surface area contributed by atoms with Crippen LogP contribution in [0, 0.1) is 0 Å². The third-order valence-corrected chi connectivity index (χ3v) is 6.05. The zero-order chi connectivity index (χ0) is 19.6. The van der Waals surface area contributed by atoms with E-state index in [4.69, 9.17) is 0 Å². The van der Waals surface area contributed by atoms with Crippen LogP contribution in [0.4, 0.5) is 11.6 Å². The highest BCUT2D eigenvalue weighted by atomic mass is 32.2. The summed E-state index contributed by atoms with van der Waals surface area (Å²) in [5, 5.41) is 10.6. The monoisotopic (exact) mass is 398 g/mol. The molecule has 4 rings (SSSR count). The average Bonchev–Trinajstić information content (AvgIpc) is 3.42. The summed E-state index contributed by atoms with van der Waals surface area (Å²) >= 11 is 0. The Morgan fingerprint density at radius 2 is 1.96 bits per heavy atom. The minimum Gasteiger partial charge on any atom is -0.324 e. The molecule has 0 saturated heterocycles. The van der Waals surface area contributed by atoms with E-state index in [0.717, 1.165) is 17.1 Å². The van der Waals surface area contributed by atoms with Crippen LogP contribution >= 0.6 is 0 Å². The number of aromatic nitrogens is 4. The van der Waals surface area contributed by atoms with Crippen LogP contribution in [0.1, 0.15) is 42.8 Å². The lowest BCUT2D eigenvalue weighted by atomic mass is 10.2. The van der Waals surface area contributed by atoms with E-state index in [0.29, 0.717) is 30.5 Å². The Balaban J connectivity index is 1.44. The number of hydrogen-bond acceptors (Lipinski definition) is 6. The molecule has 0 amide bonds. The predicted octanol–water partition coefficient (Wildman–Crippen LogP) is 2.71. The van der Waals surface area contributed by atoms with Gasteiger partial charge in [-0.2, -0.15) is 5.10 Å². The molecule has 0 spiro atoms. The number of anilines is 2. The molecular formula is C19H22N6O2S. The van der Waals surface area contributed by atoms with Crippen LogP contribution in [0.3, 0.4) is 0 Å². The van der Waals surface area contributed by atoms with Gasteiger partial charge in [0.1, 0.15) is 0 Å². The second-order valence-corrected chi connectivity index (χ2v) is 8.56. The first-order chi connectivity index (χ1) is 13.5. The maximum atomic E-state index is 12.0. The van der Waals surface area contributed by atoms with Crippen LogP contribution < -0.4 is 10.0 Å². The van der Waals surface area contributed by atoms with Crippen LogP contribution in [0.2, 0.25) is 0 Å². The van der Waals surface area contributed by atoms with Gasteiger partial charge in [0.05, 0.1) is 16.3 Å². The first-order valence-electron chi connectivity index (χ1n) is 9.26. The van der Waals surface area contributed by atoms with E-state index >= 15 is 0 Å². The SMILES string of the molecule is CCNS(=O)(=O)c1ccc(Nc2nccc(Cc3cc(C4CC4)n[nH]3)n2)cc1. The normalized spacial score (nSPS) is 14.2. The van der Waals surface area contributed by atoms with Gasteiger partial charge in [-0.05, 0) is 49.2 Å². The summed E-state index contributed by atoms with van der Waals surface area (Å²) in [5.74, 6) is 1.08. The molecule has 0 atom stereocenters. The van der Waals surface area contributed by atoms with Crippen molar-refractivity contribution < 1.29 is 8.42 Å². The fourth-order valence-electron chi connectivity index (χ4n) is 2.93. The lowest BCUT2D eigenvalue weighted by molar-refractivity contribution is 0.584. The molecule has 0 aliphatic heterocycles. The van der Waals surface area contributed by atoms with E-state index in [2.05, 4.69) is 36.3 Å². The number of sulfonamides is 1. The summed E-state index contributed by atoms with van der Waals surface area (Å²) in [6.45, 7) is 2.09. The van der Waals surface area contributed by atoms with Gasteiger partial charge in [0.25, 0.3) is 0 Å². The van der Waals surface area contributed by atoms with Crippen molar-refractivity contribution in [1.82, 2.24) is 24.9 Å². The minimum absolute atomic E-state index is 0.222. The Morgan fingerprint density at radius 1 is 1.18 bits per heavy atom. The molecule has 3 aromatic rings. The summed E-state index contributed by atoms with van der Waals surface area (Å²) in [6.07, 6.45) is 4.80. The molecule has 0 radical (unpaired) electrons. The van der Waals surface area contributed by atoms with E-state index in [1.807, 2.05) is 6.07 Å². The second kappa shape index (κ2) is 7.69. The summed E-state index contributed by atoms with van der Waals surface area (Å²) in [6, 6.07) is 10.5. The number of nitrogens with one attached hydrogen (secondary N) is 3. The van der Waals surface area contributed by atoms with Crippen LogP contribution in [0.25, 0.3) is 0 Å². The van der Waals surface area contributed by atoms with Crippen molar-refractivity contribution in [1.29, 1.82) is 0 Å². The molecule has 9 heteroatoms. The van der Waals surface area contributed by atoms with Crippen LogP contribution in [0.15, 0.2) is 47.5 Å². The van der Waals surface area contributed by atoms with E-state index in [1.165, 1.54) is 12.8 Å². The largest absolute Gasteiger partial charge is 0.324 e. The van der Waals surface area contributed by atoms with Crippen molar-refractivity contribution in [2.24, 2.45) is 0 Å². The molecule has 28 heavy (non-hydrogen) atoms. The summed E-state index contributed by atoms with van der Waals surface area (Å²) in [5.41, 5.74) is 3.75. The van der Waals surface area contributed by atoms with E-state index in [9.17, 15) is 8.42 Å². The number of benzene rings is 1. The van der Waals surface area contributed by atoms with Crippen molar-refractivity contribution in [2.75, 3.05) is 11.9 Å². The number of H-pyrrole nitrogens is 1. The first kappa shape index (κ1) is 18.6. The van der Waals surface area contributed by atoms with Gasteiger partial charge in [0, 0.05) is 36.5 Å². The van der Waals surface area contributed by atoms with Crippen molar-refractivity contribution in [3.05, 3.63) is 59.7 Å². The molecular weight excluding hydrogens is 376 g/mol. The maximum absolute atomic E-state index is 12.0. The van der Waals surface area contributed by atoms with Gasteiger partial charge >= 0.3 is 0 Å². The number of nitrogens with zero attached hydrogens (tertiary/aromatic N) is 3. The molecule has 0 unspecified atom stereocenters. The van der Waals surface area contributed by atoms with E-state index < -0.39 is 10.0 Å². The van der Waals surface area contributed by atoms with Crippen molar-refractivity contribution in [2.45, 2.75) is 37.0 Å². The molecule has 2 heterocycles. The highest BCUT2D eigenvalue weighted by molar-refractivity contribution is 7.89. The van der Waals surface area contributed by atoms with E-state index in [1.54, 1.807) is 37.4 Å². The molecule has 1 aliphatic carbocycles. The summed E-state index contributed by atoms with van der Waals surface area (Å²) in [4.78, 5) is 9.00. The fourth-order valence-corrected chi connectivity index (χ4v) is 3.97. The minimum atomic E-state index is -3.46. The van der Waals surface area contributed by atoms with Crippen LogP contribution in [-0.2, 0) is 16.4 Å². The lowest BCUT2D eigenvalue weighted by Gasteiger charge is -2.08.